The SMILES string of the molecule is COC(=O)C1CCN(C(=O)CN(C)S(=O)(=O)c2ccc(OC)c(OC)c2)CC1. The number of nitrogens with zero attached hydrogens (tertiary/aromatic N) is 2. The topological polar surface area (TPSA) is 102 Å². The summed E-state index contributed by atoms with van der Waals surface area (Å²) in [6.45, 7) is 0.491. The molecule has 1 fully saturated rings. The Labute approximate surface area is 165 Å². The van der Waals surface area contributed by atoms with Crippen molar-refractivity contribution in [2.24, 2.45) is 5.92 Å². The molecule has 0 aromatic heterocycles. The van der Waals surface area contributed by atoms with E-state index in [1.54, 1.807) is 4.90 Å². The first kappa shape index (κ1) is 22.0. The molecule has 0 aliphatic carbocycles. The third kappa shape index (κ3) is 4.74. The lowest BCUT2D eigenvalue weighted by Crippen LogP contribution is -2.45. The standard InChI is InChI=1S/C18H26N2O7S/c1-19(12-17(21)20-9-7-13(8-10-20)18(22)27-4)28(23,24)14-5-6-15(25-2)16(11-14)26-3/h5-6,11,13H,7-10,12H2,1-4H3. The van der Waals surface area contributed by atoms with Gasteiger partial charge in [-0.2, -0.15) is 4.31 Å². The molecule has 1 saturated heterocycles. The van der Waals surface area contributed by atoms with Crippen molar-refractivity contribution in [1.82, 2.24) is 9.21 Å². The summed E-state index contributed by atoms with van der Waals surface area (Å²) in [5, 5.41) is 0. The second kappa shape index (κ2) is 9.24. The molecular formula is C18H26N2O7S. The van der Waals surface area contributed by atoms with E-state index in [0.29, 0.717) is 31.7 Å². The van der Waals surface area contributed by atoms with Crippen molar-refractivity contribution in [1.29, 1.82) is 0 Å². The number of carbonyl (C=O) groups is 2. The minimum Gasteiger partial charge on any atom is -0.493 e. The molecule has 0 radical (unpaired) electrons. The van der Waals surface area contributed by atoms with E-state index in [0.717, 1.165) is 4.31 Å². The second-order valence-electron chi connectivity index (χ2n) is 6.46. The summed E-state index contributed by atoms with van der Waals surface area (Å²) in [5.41, 5.74) is 0. The number of hydrogen-bond donors (Lipinski definition) is 0. The zero-order valence-corrected chi connectivity index (χ0v) is 17.3. The van der Waals surface area contributed by atoms with Gasteiger partial charge in [-0.05, 0) is 25.0 Å². The highest BCUT2D eigenvalue weighted by molar-refractivity contribution is 7.89. The Kier molecular flexibility index (Phi) is 7.25. The maximum Gasteiger partial charge on any atom is 0.308 e. The predicted octanol–water partition coefficient (Wildman–Crippen LogP) is 0.736. The lowest BCUT2D eigenvalue weighted by Gasteiger charge is -2.31. The van der Waals surface area contributed by atoms with E-state index in [2.05, 4.69) is 0 Å². The first-order valence-corrected chi connectivity index (χ1v) is 10.2. The van der Waals surface area contributed by atoms with Gasteiger partial charge in [0, 0.05) is 26.2 Å². The normalized spacial score (nSPS) is 15.4. The molecule has 2 rings (SSSR count). The Hall–Kier alpha value is -2.33. The smallest absolute Gasteiger partial charge is 0.308 e. The van der Waals surface area contributed by atoms with Crippen LogP contribution in [0.3, 0.4) is 0 Å². The number of esters is 1. The molecule has 1 amide bonds. The molecule has 1 aliphatic heterocycles. The van der Waals surface area contributed by atoms with Crippen molar-refractivity contribution in [3.8, 4) is 11.5 Å². The van der Waals surface area contributed by atoms with Crippen LogP contribution in [-0.2, 0) is 24.3 Å². The molecule has 0 N–H and O–H groups in total. The van der Waals surface area contributed by atoms with Gasteiger partial charge >= 0.3 is 5.97 Å². The highest BCUT2D eigenvalue weighted by atomic mass is 32.2. The quantitative estimate of drug-likeness (QED) is 0.606. The number of amides is 1. The number of rotatable bonds is 7. The Morgan fingerprint density at radius 1 is 1.11 bits per heavy atom. The van der Waals surface area contributed by atoms with Gasteiger partial charge < -0.3 is 19.1 Å². The number of sulfonamides is 1. The first-order valence-electron chi connectivity index (χ1n) is 8.78. The molecule has 1 heterocycles. The average Bonchev–Trinajstić information content (AvgIpc) is 2.72. The van der Waals surface area contributed by atoms with E-state index < -0.39 is 10.0 Å². The fraction of sp³-hybridized carbons (Fsp3) is 0.556. The van der Waals surface area contributed by atoms with Crippen LogP contribution in [0, 0.1) is 5.92 Å². The predicted molar refractivity (Wildman–Crippen MR) is 101 cm³/mol. The van der Waals surface area contributed by atoms with Crippen molar-refractivity contribution in [2.45, 2.75) is 17.7 Å². The van der Waals surface area contributed by atoms with Crippen molar-refractivity contribution >= 4 is 21.9 Å². The first-order chi connectivity index (χ1) is 13.2. The van der Waals surface area contributed by atoms with Crippen LogP contribution >= 0.6 is 0 Å². The van der Waals surface area contributed by atoms with E-state index in [-0.39, 0.29) is 35.0 Å². The molecule has 0 bridgehead atoms. The maximum absolute atomic E-state index is 12.8. The molecule has 0 spiro atoms. The molecule has 28 heavy (non-hydrogen) atoms. The maximum atomic E-state index is 12.8. The summed E-state index contributed by atoms with van der Waals surface area (Å²) in [6.07, 6.45) is 1.01. The molecule has 0 saturated carbocycles. The van der Waals surface area contributed by atoms with Crippen molar-refractivity contribution in [3.05, 3.63) is 18.2 Å². The van der Waals surface area contributed by atoms with E-state index >= 15 is 0 Å². The molecule has 0 unspecified atom stereocenters. The highest BCUT2D eigenvalue weighted by Crippen LogP contribution is 2.30. The fourth-order valence-corrected chi connectivity index (χ4v) is 4.20. The van der Waals surface area contributed by atoms with Crippen LogP contribution in [0.2, 0.25) is 0 Å². The molecule has 1 aromatic rings. The molecule has 156 valence electrons. The Balaban J connectivity index is 2.04. The number of likely N-dealkylation sites (tertiary alicyclic amines) is 1. The number of piperidine rings is 1. The van der Waals surface area contributed by atoms with Crippen LogP contribution < -0.4 is 9.47 Å². The lowest BCUT2D eigenvalue weighted by molar-refractivity contribution is -0.148. The van der Waals surface area contributed by atoms with Crippen molar-refractivity contribution in [2.75, 3.05) is 48.0 Å². The summed E-state index contributed by atoms with van der Waals surface area (Å²) in [7, 11) is 1.69. The zero-order chi connectivity index (χ0) is 20.9. The van der Waals surface area contributed by atoms with Gasteiger partial charge in [-0.25, -0.2) is 8.42 Å². The molecule has 1 aromatic carbocycles. The van der Waals surface area contributed by atoms with Crippen LogP contribution in [0.1, 0.15) is 12.8 Å². The summed E-state index contributed by atoms with van der Waals surface area (Å²) in [4.78, 5) is 25.7. The van der Waals surface area contributed by atoms with E-state index in [1.165, 1.54) is 46.6 Å². The van der Waals surface area contributed by atoms with Gasteiger partial charge in [-0.1, -0.05) is 0 Å². The summed E-state index contributed by atoms with van der Waals surface area (Å²) in [5.74, 6) is -0.112. The van der Waals surface area contributed by atoms with Gasteiger partial charge in [0.1, 0.15) is 0 Å². The monoisotopic (exact) mass is 414 g/mol. The van der Waals surface area contributed by atoms with Gasteiger partial charge in [0.05, 0.1) is 38.7 Å². The summed E-state index contributed by atoms with van der Waals surface area (Å²) < 4.78 is 41.6. The van der Waals surface area contributed by atoms with Gasteiger partial charge in [0.2, 0.25) is 15.9 Å². The van der Waals surface area contributed by atoms with Gasteiger partial charge in [0.15, 0.2) is 11.5 Å². The minimum absolute atomic E-state index is 0.00449. The minimum atomic E-state index is -3.88. The van der Waals surface area contributed by atoms with Crippen LogP contribution in [-0.4, -0.2) is 77.5 Å². The number of carbonyl (C=O) groups excluding carboxylic acids is 2. The van der Waals surface area contributed by atoms with Crippen LogP contribution in [0.25, 0.3) is 0 Å². The van der Waals surface area contributed by atoms with E-state index in [9.17, 15) is 18.0 Å². The molecular weight excluding hydrogens is 388 g/mol. The van der Waals surface area contributed by atoms with Gasteiger partial charge in [-0.3, -0.25) is 9.59 Å². The van der Waals surface area contributed by atoms with Crippen LogP contribution in [0.5, 0.6) is 11.5 Å². The van der Waals surface area contributed by atoms with Gasteiger partial charge in [0.25, 0.3) is 0 Å². The average molecular weight is 414 g/mol. The van der Waals surface area contributed by atoms with Crippen molar-refractivity contribution < 1.29 is 32.2 Å². The fourth-order valence-electron chi connectivity index (χ4n) is 3.06. The number of hydrogen-bond acceptors (Lipinski definition) is 7. The third-order valence-electron chi connectivity index (χ3n) is 4.80. The molecule has 9 nitrogen and oxygen atoms in total. The van der Waals surface area contributed by atoms with Crippen LogP contribution in [0.4, 0.5) is 0 Å². The van der Waals surface area contributed by atoms with Crippen molar-refractivity contribution in [3.63, 3.8) is 0 Å². The molecule has 1 aliphatic rings. The highest BCUT2D eigenvalue weighted by Gasteiger charge is 2.30. The van der Waals surface area contributed by atoms with Gasteiger partial charge in [-0.15, -0.1) is 0 Å². The summed E-state index contributed by atoms with van der Waals surface area (Å²) >= 11 is 0. The number of benzene rings is 1. The Morgan fingerprint density at radius 2 is 1.71 bits per heavy atom. The molecule has 0 atom stereocenters. The zero-order valence-electron chi connectivity index (χ0n) is 16.5. The molecule has 10 heteroatoms. The number of ether oxygens (including phenoxy) is 3. The summed E-state index contributed by atoms with van der Waals surface area (Å²) in [6, 6.07) is 4.26. The second-order valence-corrected chi connectivity index (χ2v) is 8.50. The van der Waals surface area contributed by atoms with E-state index in [1.807, 2.05) is 0 Å². The number of likely N-dealkylation sites (N-methyl/N-ethyl adjacent to an activating group) is 1. The van der Waals surface area contributed by atoms with Crippen LogP contribution in [0.15, 0.2) is 23.1 Å². The largest absolute Gasteiger partial charge is 0.493 e. The number of methoxy groups -OCH3 is 3. The lowest BCUT2D eigenvalue weighted by atomic mass is 9.97. The third-order valence-corrected chi connectivity index (χ3v) is 6.60. The van der Waals surface area contributed by atoms with E-state index in [4.69, 9.17) is 14.2 Å². The Bertz CT molecular complexity index is 817. The Morgan fingerprint density at radius 3 is 2.25 bits per heavy atom.